The van der Waals surface area contributed by atoms with Gasteiger partial charge in [-0.15, -0.1) is 0 Å². The van der Waals surface area contributed by atoms with Crippen LogP contribution in [0, 0.1) is 27.7 Å². The third-order valence-electron chi connectivity index (χ3n) is 4.26. The summed E-state index contributed by atoms with van der Waals surface area (Å²) >= 11 is 0. The predicted molar refractivity (Wildman–Crippen MR) is 90.1 cm³/mol. The first-order valence-corrected chi connectivity index (χ1v) is 7.67. The zero-order valence-electron chi connectivity index (χ0n) is 14.3. The lowest BCUT2D eigenvalue weighted by atomic mass is 10.1. The Hall–Kier alpha value is -2.69. The van der Waals surface area contributed by atoms with E-state index >= 15 is 0 Å². The van der Waals surface area contributed by atoms with Gasteiger partial charge in [0, 0.05) is 11.1 Å². The van der Waals surface area contributed by atoms with Crippen molar-refractivity contribution in [3.63, 3.8) is 0 Å². The molecular weight excluding hydrogens is 308 g/mol. The summed E-state index contributed by atoms with van der Waals surface area (Å²) in [6.45, 7) is 7.23. The second kappa shape index (κ2) is 7.25. The molecule has 0 heterocycles. The Morgan fingerprint density at radius 1 is 0.792 bits per heavy atom. The SMILES string of the molecule is Cc1ccc(COC(=O)OCc2ccc(C)c(C)c2O)c(O)c1C. The van der Waals surface area contributed by atoms with Crippen molar-refractivity contribution < 1.29 is 24.5 Å². The van der Waals surface area contributed by atoms with Crippen LogP contribution in [-0.4, -0.2) is 16.4 Å². The molecule has 0 radical (unpaired) electrons. The fraction of sp³-hybridized carbons (Fsp3) is 0.316. The van der Waals surface area contributed by atoms with Gasteiger partial charge in [-0.25, -0.2) is 4.79 Å². The quantitative estimate of drug-likeness (QED) is 0.822. The van der Waals surface area contributed by atoms with Gasteiger partial charge in [0.1, 0.15) is 24.7 Å². The van der Waals surface area contributed by atoms with Crippen molar-refractivity contribution in [2.45, 2.75) is 40.9 Å². The zero-order valence-corrected chi connectivity index (χ0v) is 14.3. The van der Waals surface area contributed by atoms with Gasteiger partial charge in [0.25, 0.3) is 0 Å². The van der Waals surface area contributed by atoms with Crippen molar-refractivity contribution in [1.29, 1.82) is 0 Å². The van der Waals surface area contributed by atoms with Gasteiger partial charge in [-0.05, 0) is 49.9 Å². The van der Waals surface area contributed by atoms with E-state index in [9.17, 15) is 15.0 Å². The summed E-state index contributed by atoms with van der Waals surface area (Å²) in [5, 5.41) is 20.1. The summed E-state index contributed by atoms with van der Waals surface area (Å²) in [5.74, 6) is 0.240. The largest absolute Gasteiger partial charge is 0.508 e. The van der Waals surface area contributed by atoms with Crippen LogP contribution >= 0.6 is 0 Å². The number of rotatable bonds is 4. The topological polar surface area (TPSA) is 76.0 Å². The standard InChI is InChI=1S/C19H22O5/c1-11-5-7-15(17(20)13(11)3)9-23-19(22)24-10-16-8-6-12(2)14(4)18(16)21/h5-8,20-21H,9-10H2,1-4H3. The van der Waals surface area contributed by atoms with Crippen LogP contribution in [0.15, 0.2) is 24.3 Å². The minimum atomic E-state index is -0.856. The summed E-state index contributed by atoms with van der Waals surface area (Å²) in [4.78, 5) is 11.7. The molecule has 0 atom stereocenters. The number of ether oxygens (including phenoxy) is 2. The Balaban J connectivity index is 1.93. The number of carbonyl (C=O) groups is 1. The van der Waals surface area contributed by atoms with Gasteiger partial charge in [0.2, 0.25) is 0 Å². The van der Waals surface area contributed by atoms with Gasteiger partial charge >= 0.3 is 6.16 Å². The molecule has 0 bridgehead atoms. The Morgan fingerprint density at radius 3 is 1.54 bits per heavy atom. The minimum absolute atomic E-state index is 0.0787. The fourth-order valence-electron chi connectivity index (χ4n) is 2.26. The molecule has 0 aliphatic rings. The first-order valence-electron chi connectivity index (χ1n) is 7.67. The molecule has 5 nitrogen and oxygen atoms in total. The van der Waals surface area contributed by atoms with Crippen LogP contribution in [0.25, 0.3) is 0 Å². The number of benzene rings is 2. The number of hydrogen-bond acceptors (Lipinski definition) is 5. The van der Waals surface area contributed by atoms with Crippen LogP contribution in [0.4, 0.5) is 4.79 Å². The number of aryl methyl sites for hydroxylation is 2. The number of phenols is 2. The molecule has 0 aliphatic carbocycles. The summed E-state index contributed by atoms with van der Waals surface area (Å²) in [7, 11) is 0. The van der Waals surface area contributed by atoms with E-state index in [0.717, 1.165) is 22.3 Å². The smallest absolute Gasteiger partial charge is 0.507 e. The van der Waals surface area contributed by atoms with Gasteiger partial charge < -0.3 is 19.7 Å². The Kier molecular flexibility index (Phi) is 5.34. The minimum Gasteiger partial charge on any atom is -0.507 e. The van der Waals surface area contributed by atoms with Crippen molar-refractivity contribution in [3.05, 3.63) is 57.6 Å². The number of phenolic OH excluding ortho intramolecular Hbond substituents is 2. The third-order valence-corrected chi connectivity index (χ3v) is 4.26. The molecule has 0 aliphatic heterocycles. The van der Waals surface area contributed by atoms with Gasteiger partial charge in [-0.2, -0.15) is 0 Å². The molecule has 0 saturated heterocycles. The van der Waals surface area contributed by atoms with E-state index in [1.807, 2.05) is 26.0 Å². The van der Waals surface area contributed by atoms with Crippen molar-refractivity contribution in [2.75, 3.05) is 0 Å². The van der Waals surface area contributed by atoms with Crippen LogP contribution < -0.4 is 0 Å². The lowest BCUT2D eigenvalue weighted by molar-refractivity contribution is 0.0438. The lowest BCUT2D eigenvalue weighted by Crippen LogP contribution is -2.08. The normalized spacial score (nSPS) is 10.5. The molecule has 2 rings (SSSR count). The highest BCUT2D eigenvalue weighted by Crippen LogP contribution is 2.27. The summed E-state index contributed by atoms with van der Waals surface area (Å²) in [5.41, 5.74) is 4.47. The van der Waals surface area contributed by atoms with Crippen molar-refractivity contribution in [1.82, 2.24) is 0 Å². The molecule has 0 amide bonds. The Labute approximate surface area is 141 Å². The molecule has 24 heavy (non-hydrogen) atoms. The molecule has 0 saturated carbocycles. The highest BCUT2D eigenvalue weighted by Gasteiger charge is 2.12. The van der Waals surface area contributed by atoms with Crippen molar-refractivity contribution in [2.24, 2.45) is 0 Å². The van der Waals surface area contributed by atoms with E-state index in [0.29, 0.717) is 11.1 Å². The first kappa shape index (κ1) is 17.7. The summed E-state index contributed by atoms with van der Waals surface area (Å²) in [6, 6.07) is 7.12. The summed E-state index contributed by atoms with van der Waals surface area (Å²) in [6.07, 6.45) is -0.856. The molecule has 0 fully saturated rings. The molecule has 0 spiro atoms. The first-order chi connectivity index (χ1) is 11.3. The average molecular weight is 330 g/mol. The second-order valence-electron chi connectivity index (χ2n) is 5.86. The Morgan fingerprint density at radius 2 is 1.17 bits per heavy atom. The highest BCUT2D eigenvalue weighted by molar-refractivity contribution is 5.60. The van der Waals surface area contributed by atoms with Gasteiger partial charge in [0.15, 0.2) is 0 Å². The van der Waals surface area contributed by atoms with E-state index in [-0.39, 0.29) is 24.7 Å². The third kappa shape index (κ3) is 3.79. The Bertz CT molecular complexity index is 701. The van der Waals surface area contributed by atoms with E-state index in [2.05, 4.69) is 0 Å². The molecule has 2 aromatic rings. The van der Waals surface area contributed by atoms with E-state index in [1.165, 1.54) is 0 Å². The zero-order chi connectivity index (χ0) is 17.9. The molecule has 2 aromatic carbocycles. The van der Waals surface area contributed by atoms with Gasteiger partial charge in [0.05, 0.1) is 0 Å². The highest BCUT2D eigenvalue weighted by atomic mass is 16.7. The molecule has 0 aromatic heterocycles. The van der Waals surface area contributed by atoms with Crippen LogP contribution in [0.1, 0.15) is 33.4 Å². The predicted octanol–water partition coefficient (Wildman–Crippen LogP) is 4.18. The number of hydrogen-bond donors (Lipinski definition) is 2. The van der Waals surface area contributed by atoms with Crippen LogP contribution in [0.3, 0.4) is 0 Å². The van der Waals surface area contributed by atoms with E-state index < -0.39 is 6.16 Å². The maximum atomic E-state index is 11.7. The van der Waals surface area contributed by atoms with Gasteiger partial charge in [-0.1, -0.05) is 24.3 Å². The van der Waals surface area contributed by atoms with Crippen LogP contribution in [0.2, 0.25) is 0 Å². The maximum Gasteiger partial charge on any atom is 0.508 e. The van der Waals surface area contributed by atoms with Crippen LogP contribution in [0.5, 0.6) is 11.5 Å². The molecule has 2 N–H and O–H groups in total. The molecule has 128 valence electrons. The molecule has 0 unspecified atom stereocenters. The van der Waals surface area contributed by atoms with Crippen molar-refractivity contribution >= 4 is 6.16 Å². The average Bonchev–Trinajstić information content (AvgIpc) is 2.56. The molecule has 5 heteroatoms. The number of aromatic hydroxyl groups is 2. The van der Waals surface area contributed by atoms with E-state index in [4.69, 9.17) is 9.47 Å². The molecular formula is C19H22O5. The van der Waals surface area contributed by atoms with Crippen LogP contribution in [-0.2, 0) is 22.7 Å². The maximum absolute atomic E-state index is 11.7. The van der Waals surface area contributed by atoms with Gasteiger partial charge in [-0.3, -0.25) is 0 Å². The lowest BCUT2D eigenvalue weighted by Gasteiger charge is -2.12. The monoisotopic (exact) mass is 330 g/mol. The van der Waals surface area contributed by atoms with E-state index in [1.54, 1.807) is 26.0 Å². The summed E-state index contributed by atoms with van der Waals surface area (Å²) < 4.78 is 10.0. The fourth-order valence-corrected chi connectivity index (χ4v) is 2.26. The second-order valence-corrected chi connectivity index (χ2v) is 5.86. The van der Waals surface area contributed by atoms with Crippen molar-refractivity contribution in [3.8, 4) is 11.5 Å². The number of carbonyl (C=O) groups excluding carboxylic acids is 1.